The maximum absolute atomic E-state index is 15.2. The molecular formula is C39H39FN6O4. The van der Waals surface area contributed by atoms with E-state index in [-0.39, 0.29) is 36.3 Å². The van der Waals surface area contributed by atoms with Crippen LogP contribution in [-0.4, -0.2) is 46.9 Å². The first kappa shape index (κ1) is 33.0. The number of nitrogens with zero attached hydrogens (tertiary/aromatic N) is 4. The number of halogens is 1. The lowest BCUT2D eigenvalue weighted by molar-refractivity contribution is -0.136. The molecule has 11 heteroatoms. The van der Waals surface area contributed by atoms with Gasteiger partial charge in [0.05, 0.1) is 22.9 Å². The summed E-state index contributed by atoms with van der Waals surface area (Å²) >= 11 is 0. The maximum Gasteiger partial charge on any atom is 0.255 e. The molecule has 7 rings (SSSR count). The standard InChI is InChI=1S/C39H39FN6O4/c1-23-6-7-26(36-24(2)44-50-25(36)3)19-34(23)45(29-10-8-28(9-11-29)39(22-41)14-15-39)17-5-4-16-42-32-18-27-21-46(38(49)30(27)20-31(32)40)33-12-13-35(47)43-37(33)48/h6-11,18-20,33,42H,4-5,12-17,21H2,1-3H3,(H,43,47,48). The maximum atomic E-state index is 15.2. The third-order valence-electron chi connectivity index (χ3n) is 10.3. The predicted octanol–water partition coefficient (Wildman–Crippen LogP) is 6.75. The Morgan fingerprint density at radius 1 is 1.08 bits per heavy atom. The van der Waals surface area contributed by atoms with E-state index in [0.717, 1.165) is 70.8 Å². The molecule has 1 aliphatic carbocycles. The molecule has 1 aromatic heterocycles. The van der Waals surface area contributed by atoms with E-state index in [4.69, 9.17) is 4.52 Å². The molecule has 256 valence electrons. The summed E-state index contributed by atoms with van der Waals surface area (Å²) < 4.78 is 20.7. The highest BCUT2D eigenvalue weighted by atomic mass is 19.1. The fourth-order valence-electron chi connectivity index (χ4n) is 7.23. The molecule has 3 aromatic carbocycles. The number of aromatic nitrogens is 1. The average molecular weight is 675 g/mol. The second-order valence-corrected chi connectivity index (χ2v) is 13.6. The molecule has 0 radical (unpaired) electrons. The van der Waals surface area contributed by atoms with E-state index in [0.29, 0.717) is 24.3 Å². The van der Waals surface area contributed by atoms with Crippen molar-refractivity contribution in [1.29, 1.82) is 5.26 Å². The highest BCUT2D eigenvalue weighted by molar-refractivity contribution is 6.05. The van der Waals surface area contributed by atoms with Crippen molar-refractivity contribution in [2.24, 2.45) is 0 Å². The summed E-state index contributed by atoms with van der Waals surface area (Å²) in [6, 6.07) is 19.3. The Bertz CT molecular complexity index is 2020. The lowest BCUT2D eigenvalue weighted by Crippen LogP contribution is -2.52. The van der Waals surface area contributed by atoms with Crippen molar-refractivity contribution >= 4 is 34.8 Å². The summed E-state index contributed by atoms with van der Waals surface area (Å²) in [5.74, 6) is -1.01. The van der Waals surface area contributed by atoms with Gasteiger partial charge in [-0.2, -0.15) is 5.26 Å². The molecule has 3 amide bonds. The summed E-state index contributed by atoms with van der Waals surface area (Å²) in [4.78, 5) is 40.8. The Morgan fingerprint density at radius 3 is 2.54 bits per heavy atom. The SMILES string of the molecule is Cc1ccc(-c2c(C)noc2C)cc1N(CCCCNc1cc2c(cc1F)C(=O)N(C1CCC(=O)NC1=O)C2)c1ccc(C2(C#N)CC2)cc1. The zero-order valence-electron chi connectivity index (χ0n) is 28.4. The van der Waals surface area contributed by atoms with E-state index in [1.54, 1.807) is 6.07 Å². The van der Waals surface area contributed by atoms with E-state index in [1.807, 2.05) is 13.8 Å². The van der Waals surface area contributed by atoms with Crippen LogP contribution in [0.2, 0.25) is 0 Å². The van der Waals surface area contributed by atoms with E-state index in [1.165, 1.54) is 11.0 Å². The molecule has 0 bridgehead atoms. The number of nitrogens with one attached hydrogen (secondary N) is 2. The zero-order valence-corrected chi connectivity index (χ0v) is 28.4. The highest BCUT2D eigenvalue weighted by Gasteiger charge is 2.45. The average Bonchev–Trinajstić information content (AvgIpc) is 3.75. The Kier molecular flexibility index (Phi) is 8.64. The number of carbonyl (C=O) groups excluding carboxylic acids is 3. The number of carbonyl (C=O) groups is 3. The number of aryl methyl sites for hydroxylation is 3. The van der Waals surface area contributed by atoms with Crippen molar-refractivity contribution in [2.75, 3.05) is 23.3 Å². The van der Waals surface area contributed by atoms with E-state index in [2.05, 4.69) is 76.1 Å². The second kappa shape index (κ2) is 13.1. The van der Waals surface area contributed by atoms with Crippen LogP contribution in [-0.2, 0) is 21.5 Å². The van der Waals surface area contributed by atoms with Crippen LogP contribution < -0.4 is 15.5 Å². The number of benzene rings is 3. The number of fused-ring (bicyclic) bond motifs is 1. The van der Waals surface area contributed by atoms with Crippen LogP contribution >= 0.6 is 0 Å². The molecule has 2 fully saturated rings. The van der Waals surface area contributed by atoms with Crippen molar-refractivity contribution in [1.82, 2.24) is 15.4 Å². The van der Waals surface area contributed by atoms with Crippen LogP contribution in [0.1, 0.15) is 77.0 Å². The third-order valence-corrected chi connectivity index (χ3v) is 10.3. The Morgan fingerprint density at radius 2 is 1.86 bits per heavy atom. The molecule has 1 saturated heterocycles. The van der Waals surface area contributed by atoms with Crippen LogP contribution in [0.25, 0.3) is 11.1 Å². The van der Waals surface area contributed by atoms with Gasteiger partial charge in [0, 0.05) is 48.6 Å². The van der Waals surface area contributed by atoms with Gasteiger partial charge in [0.1, 0.15) is 17.6 Å². The summed E-state index contributed by atoms with van der Waals surface area (Å²) in [6.45, 7) is 7.33. The smallest absolute Gasteiger partial charge is 0.255 e. The Labute approximate surface area is 290 Å². The third kappa shape index (κ3) is 6.10. The van der Waals surface area contributed by atoms with Gasteiger partial charge in [-0.25, -0.2) is 4.39 Å². The van der Waals surface area contributed by atoms with Crippen LogP contribution in [0.15, 0.2) is 59.1 Å². The number of piperidine rings is 1. The number of hydrogen-bond donors (Lipinski definition) is 2. The quantitative estimate of drug-likeness (QED) is 0.132. The molecule has 1 unspecified atom stereocenters. The second-order valence-electron chi connectivity index (χ2n) is 13.6. The first-order valence-corrected chi connectivity index (χ1v) is 17.1. The summed E-state index contributed by atoms with van der Waals surface area (Å²) in [6.07, 6.45) is 3.72. The van der Waals surface area contributed by atoms with Crippen molar-refractivity contribution < 1.29 is 23.3 Å². The van der Waals surface area contributed by atoms with Crippen molar-refractivity contribution in [2.45, 2.75) is 77.3 Å². The number of hydrogen-bond acceptors (Lipinski definition) is 8. The van der Waals surface area contributed by atoms with Gasteiger partial charge in [0.25, 0.3) is 5.91 Å². The first-order chi connectivity index (χ1) is 24.1. The van der Waals surface area contributed by atoms with Crippen LogP contribution in [0.4, 0.5) is 21.5 Å². The largest absolute Gasteiger partial charge is 0.383 e. The van der Waals surface area contributed by atoms with Gasteiger partial charge in [0.15, 0.2) is 0 Å². The van der Waals surface area contributed by atoms with Gasteiger partial charge < -0.3 is 19.6 Å². The molecule has 10 nitrogen and oxygen atoms in total. The number of unbranched alkanes of at least 4 members (excludes halogenated alkanes) is 1. The fourth-order valence-corrected chi connectivity index (χ4v) is 7.23. The number of anilines is 3. The predicted molar refractivity (Wildman–Crippen MR) is 186 cm³/mol. The molecule has 50 heavy (non-hydrogen) atoms. The number of nitriles is 1. The minimum atomic E-state index is -0.749. The van der Waals surface area contributed by atoms with Gasteiger partial charge in [-0.15, -0.1) is 0 Å². The van der Waals surface area contributed by atoms with Gasteiger partial charge in [0.2, 0.25) is 11.8 Å². The van der Waals surface area contributed by atoms with Crippen LogP contribution in [0.5, 0.6) is 0 Å². The van der Waals surface area contributed by atoms with E-state index < -0.39 is 23.7 Å². The molecule has 0 spiro atoms. The number of rotatable bonds is 11. The van der Waals surface area contributed by atoms with Gasteiger partial charge in [-0.05, 0) is 105 Å². The minimum Gasteiger partial charge on any atom is -0.383 e. The van der Waals surface area contributed by atoms with Crippen LogP contribution in [0.3, 0.4) is 0 Å². The Hall–Kier alpha value is -5.50. The lowest BCUT2D eigenvalue weighted by atomic mass is 9.97. The van der Waals surface area contributed by atoms with Crippen molar-refractivity contribution in [3.63, 3.8) is 0 Å². The first-order valence-electron chi connectivity index (χ1n) is 17.1. The molecule has 3 heterocycles. The van der Waals surface area contributed by atoms with Crippen LogP contribution in [0, 0.1) is 37.9 Å². The highest BCUT2D eigenvalue weighted by Crippen LogP contribution is 2.48. The van der Waals surface area contributed by atoms with E-state index in [9.17, 15) is 19.6 Å². The number of imide groups is 1. The summed E-state index contributed by atoms with van der Waals surface area (Å²) in [7, 11) is 0. The molecule has 1 atom stereocenters. The van der Waals surface area contributed by atoms with Crippen molar-refractivity contribution in [3.05, 3.63) is 94.1 Å². The molecule has 1 saturated carbocycles. The molecule has 4 aromatic rings. The van der Waals surface area contributed by atoms with E-state index >= 15 is 4.39 Å². The molecule has 2 aliphatic heterocycles. The van der Waals surface area contributed by atoms with Gasteiger partial charge >= 0.3 is 0 Å². The number of amides is 3. The van der Waals surface area contributed by atoms with Gasteiger partial charge in [-0.3, -0.25) is 19.7 Å². The van der Waals surface area contributed by atoms with Crippen molar-refractivity contribution in [3.8, 4) is 17.2 Å². The molecule has 2 N–H and O–H groups in total. The lowest BCUT2D eigenvalue weighted by Gasteiger charge is -2.29. The Balaban J connectivity index is 1.05. The zero-order chi connectivity index (χ0) is 35.2. The minimum absolute atomic E-state index is 0.161. The summed E-state index contributed by atoms with van der Waals surface area (Å²) in [5.41, 5.74) is 7.91. The normalized spacial score (nSPS) is 17.7. The molecule has 3 aliphatic rings. The molecular weight excluding hydrogens is 635 g/mol. The monoisotopic (exact) mass is 674 g/mol. The fraction of sp³-hybridized carbons (Fsp3) is 0.359. The van der Waals surface area contributed by atoms with Gasteiger partial charge in [-0.1, -0.05) is 29.4 Å². The topological polar surface area (TPSA) is 132 Å². The summed E-state index contributed by atoms with van der Waals surface area (Å²) in [5, 5.41) is 19.4.